The number of carbonyl (C=O) groups excluding carboxylic acids is 1. The molecular formula is C20H23N3O. The molecule has 1 aliphatic rings. The van der Waals surface area contributed by atoms with E-state index in [4.69, 9.17) is 0 Å². The maximum atomic E-state index is 12.5. The number of piperidine rings is 1. The fraction of sp³-hybridized carbons (Fsp3) is 0.350. The molecule has 1 aromatic carbocycles. The number of amides is 1. The van der Waals surface area contributed by atoms with Gasteiger partial charge >= 0.3 is 0 Å². The molecule has 124 valence electrons. The van der Waals surface area contributed by atoms with Crippen LogP contribution in [0.5, 0.6) is 0 Å². The van der Waals surface area contributed by atoms with Crippen LogP contribution >= 0.6 is 0 Å². The number of hydrogen-bond donors (Lipinski definition) is 0. The Hall–Kier alpha value is -2.49. The minimum absolute atomic E-state index is 0.277. The van der Waals surface area contributed by atoms with Gasteiger partial charge in [-0.1, -0.05) is 18.2 Å². The number of nitrogens with zero attached hydrogens (tertiary/aromatic N) is 3. The van der Waals surface area contributed by atoms with E-state index in [9.17, 15) is 4.79 Å². The van der Waals surface area contributed by atoms with Crippen molar-refractivity contribution in [2.24, 2.45) is 0 Å². The molecule has 3 heterocycles. The van der Waals surface area contributed by atoms with Crippen LogP contribution in [0.1, 0.15) is 25.3 Å². The maximum Gasteiger partial charge on any atom is 0.224 e. The summed E-state index contributed by atoms with van der Waals surface area (Å²) in [6, 6.07) is 15.1. The van der Waals surface area contributed by atoms with Crippen molar-refractivity contribution < 1.29 is 4.79 Å². The minimum atomic E-state index is 0.277. The third-order valence-electron chi connectivity index (χ3n) is 5.11. The van der Waals surface area contributed by atoms with Crippen LogP contribution in [0.2, 0.25) is 0 Å². The van der Waals surface area contributed by atoms with Gasteiger partial charge in [0.05, 0.1) is 0 Å². The van der Waals surface area contributed by atoms with Crippen LogP contribution in [0.3, 0.4) is 0 Å². The zero-order chi connectivity index (χ0) is 16.4. The van der Waals surface area contributed by atoms with Crippen molar-refractivity contribution in [3.05, 3.63) is 61.1 Å². The SMILES string of the molecule is O=C(CCn1ccc2ccccc21)N1CCC(n2cccc2)CC1. The Labute approximate surface area is 142 Å². The van der Waals surface area contributed by atoms with Crippen LogP contribution in [-0.2, 0) is 11.3 Å². The smallest absolute Gasteiger partial charge is 0.224 e. The van der Waals surface area contributed by atoms with Crippen LogP contribution in [0.4, 0.5) is 0 Å². The first-order valence-corrected chi connectivity index (χ1v) is 8.75. The first-order valence-electron chi connectivity index (χ1n) is 8.75. The van der Waals surface area contributed by atoms with Crippen molar-refractivity contribution in [3.8, 4) is 0 Å². The molecule has 0 atom stereocenters. The second-order valence-electron chi connectivity index (χ2n) is 6.56. The Morgan fingerprint density at radius 1 is 0.958 bits per heavy atom. The van der Waals surface area contributed by atoms with Crippen molar-refractivity contribution in [3.63, 3.8) is 0 Å². The lowest BCUT2D eigenvalue weighted by Crippen LogP contribution is -2.39. The summed E-state index contributed by atoms with van der Waals surface area (Å²) in [5.41, 5.74) is 1.21. The molecule has 4 rings (SSSR count). The third kappa shape index (κ3) is 2.96. The zero-order valence-corrected chi connectivity index (χ0v) is 13.8. The van der Waals surface area contributed by atoms with Gasteiger partial charge in [-0.25, -0.2) is 0 Å². The highest BCUT2D eigenvalue weighted by Gasteiger charge is 2.23. The number of benzene rings is 1. The van der Waals surface area contributed by atoms with Gasteiger partial charge < -0.3 is 14.0 Å². The van der Waals surface area contributed by atoms with E-state index in [2.05, 4.69) is 58.1 Å². The molecule has 3 aromatic rings. The highest BCUT2D eigenvalue weighted by atomic mass is 16.2. The first-order chi connectivity index (χ1) is 11.8. The summed E-state index contributed by atoms with van der Waals surface area (Å²) >= 11 is 0. The summed E-state index contributed by atoms with van der Waals surface area (Å²) in [6.45, 7) is 2.49. The molecule has 0 aliphatic carbocycles. The molecule has 1 amide bonds. The fourth-order valence-electron chi connectivity index (χ4n) is 3.71. The molecular weight excluding hydrogens is 298 g/mol. The van der Waals surface area contributed by atoms with Crippen LogP contribution in [0, 0.1) is 0 Å². The average Bonchev–Trinajstić information content (AvgIpc) is 3.30. The highest BCUT2D eigenvalue weighted by Crippen LogP contribution is 2.23. The summed E-state index contributed by atoms with van der Waals surface area (Å²) in [5, 5.41) is 1.23. The van der Waals surface area contributed by atoms with E-state index < -0.39 is 0 Å². The normalized spacial score (nSPS) is 15.9. The highest BCUT2D eigenvalue weighted by molar-refractivity contribution is 5.80. The second-order valence-corrected chi connectivity index (χ2v) is 6.56. The monoisotopic (exact) mass is 321 g/mol. The zero-order valence-electron chi connectivity index (χ0n) is 13.8. The van der Waals surface area contributed by atoms with Gasteiger partial charge in [-0.2, -0.15) is 0 Å². The van der Waals surface area contributed by atoms with Crippen LogP contribution in [0.25, 0.3) is 10.9 Å². The van der Waals surface area contributed by atoms with Gasteiger partial charge in [-0.05, 0) is 42.5 Å². The topological polar surface area (TPSA) is 30.2 Å². The quantitative estimate of drug-likeness (QED) is 0.721. The molecule has 2 aromatic heterocycles. The number of fused-ring (bicyclic) bond motifs is 1. The van der Waals surface area contributed by atoms with Crippen molar-refractivity contribution >= 4 is 16.8 Å². The van der Waals surface area contributed by atoms with Gasteiger partial charge in [-0.3, -0.25) is 4.79 Å². The van der Waals surface area contributed by atoms with E-state index in [1.54, 1.807) is 0 Å². The predicted octanol–water partition coefficient (Wildman–Crippen LogP) is 3.70. The largest absolute Gasteiger partial charge is 0.351 e. The molecule has 0 unspecified atom stereocenters. The van der Waals surface area contributed by atoms with E-state index >= 15 is 0 Å². The van der Waals surface area contributed by atoms with Crippen LogP contribution < -0.4 is 0 Å². The molecule has 0 N–H and O–H groups in total. The fourth-order valence-corrected chi connectivity index (χ4v) is 3.71. The number of rotatable bonds is 4. The van der Waals surface area contributed by atoms with Gasteiger partial charge in [-0.15, -0.1) is 0 Å². The van der Waals surface area contributed by atoms with Gasteiger partial charge in [0, 0.05) is 56.2 Å². The van der Waals surface area contributed by atoms with E-state index in [0.717, 1.165) is 32.5 Å². The predicted molar refractivity (Wildman–Crippen MR) is 95.8 cm³/mol. The Bertz CT molecular complexity index is 810. The Morgan fingerprint density at radius 3 is 2.50 bits per heavy atom. The van der Waals surface area contributed by atoms with E-state index in [-0.39, 0.29) is 5.91 Å². The van der Waals surface area contributed by atoms with Crippen LogP contribution in [0.15, 0.2) is 61.1 Å². The van der Waals surface area contributed by atoms with Gasteiger partial charge in [0.2, 0.25) is 5.91 Å². The molecule has 1 saturated heterocycles. The molecule has 1 aliphatic heterocycles. The molecule has 4 nitrogen and oxygen atoms in total. The van der Waals surface area contributed by atoms with Gasteiger partial charge in [0.15, 0.2) is 0 Å². The van der Waals surface area contributed by atoms with E-state index in [1.165, 1.54) is 10.9 Å². The molecule has 1 fully saturated rings. The summed E-state index contributed by atoms with van der Waals surface area (Å²) < 4.78 is 4.45. The standard InChI is InChI=1S/C20H23N3O/c24-20(10-16-22-13-7-17-5-1-2-6-19(17)22)23-14-8-18(9-15-23)21-11-3-4-12-21/h1-7,11-13,18H,8-10,14-16H2. The number of likely N-dealkylation sites (tertiary alicyclic amines) is 1. The third-order valence-corrected chi connectivity index (χ3v) is 5.11. The summed E-state index contributed by atoms with van der Waals surface area (Å²) in [6.07, 6.45) is 9.00. The van der Waals surface area contributed by atoms with Crippen LogP contribution in [-0.4, -0.2) is 33.0 Å². The lowest BCUT2D eigenvalue weighted by Gasteiger charge is -2.33. The molecule has 24 heavy (non-hydrogen) atoms. The first kappa shape index (κ1) is 15.1. The number of para-hydroxylation sites is 1. The van der Waals surface area contributed by atoms with Crippen molar-refractivity contribution in [1.29, 1.82) is 0 Å². The van der Waals surface area contributed by atoms with Crippen molar-refractivity contribution in [1.82, 2.24) is 14.0 Å². The minimum Gasteiger partial charge on any atom is -0.351 e. The lowest BCUT2D eigenvalue weighted by atomic mass is 10.0. The number of carbonyl (C=O) groups is 1. The number of aromatic nitrogens is 2. The molecule has 0 spiro atoms. The van der Waals surface area contributed by atoms with Crippen molar-refractivity contribution in [2.45, 2.75) is 31.8 Å². The number of hydrogen-bond acceptors (Lipinski definition) is 1. The summed E-state index contributed by atoms with van der Waals surface area (Å²) in [5.74, 6) is 0.277. The molecule has 0 radical (unpaired) electrons. The molecule has 0 bridgehead atoms. The lowest BCUT2D eigenvalue weighted by molar-refractivity contribution is -0.132. The Balaban J connectivity index is 1.32. The summed E-state index contributed by atoms with van der Waals surface area (Å²) in [7, 11) is 0. The molecule has 4 heteroatoms. The van der Waals surface area contributed by atoms with E-state index in [0.29, 0.717) is 12.5 Å². The average molecular weight is 321 g/mol. The second kappa shape index (κ2) is 6.56. The summed E-state index contributed by atoms with van der Waals surface area (Å²) in [4.78, 5) is 14.6. The van der Waals surface area contributed by atoms with Gasteiger partial charge in [0.1, 0.15) is 0 Å². The van der Waals surface area contributed by atoms with Gasteiger partial charge in [0.25, 0.3) is 0 Å². The molecule has 0 saturated carbocycles. The Kier molecular flexibility index (Phi) is 4.11. The van der Waals surface area contributed by atoms with E-state index in [1.807, 2.05) is 17.0 Å². The number of aryl methyl sites for hydroxylation is 1. The maximum absolute atomic E-state index is 12.5. The van der Waals surface area contributed by atoms with Crippen molar-refractivity contribution in [2.75, 3.05) is 13.1 Å². The Morgan fingerprint density at radius 2 is 1.71 bits per heavy atom.